The highest BCUT2D eigenvalue weighted by molar-refractivity contribution is 5.60. The van der Waals surface area contributed by atoms with Crippen LogP contribution in [0.15, 0.2) is 24.5 Å². The lowest BCUT2D eigenvalue weighted by molar-refractivity contribution is 0.938. The quantitative estimate of drug-likeness (QED) is 0.821. The molecule has 5 heteroatoms. The number of nitrogens with zero attached hydrogens (tertiary/aromatic N) is 3. The number of hydrogen-bond acceptors (Lipinski definition) is 4. The molecule has 0 aromatic carbocycles. The molecule has 1 saturated heterocycles. The van der Waals surface area contributed by atoms with Crippen molar-refractivity contribution in [2.24, 2.45) is 0 Å². The maximum absolute atomic E-state index is 5.55. The van der Waals surface area contributed by atoms with Crippen LogP contribution in [-0.4, -0.2) is 28.0 Å². The molecule has 0 bridgehead atoms. The zero-order chi connectivity index (χ0) is 11.7. The van der Waals surface area contributed by atoms with Gasteiger partial charge in [0.05, 0.1) is 11.9 Å². The van der Waals surface area contributed by atoms with Gasteiger partial charge < -0.3 is 15.6 Å². The smallest absolute Gasteiger partial charge is 0.197 e. The number of anilines is 2. The molecule has 2 aromatic rings. The number of nitrogens with one attached hydrogen (secondary N) is 1. The van der Waals surface area contributed by atoms with E-state index in [1.54, 1.807) is 6.20 Å². The van der Waals surface area contributed by atoms with Crippen molar-refractivity contribution in [2.45, 2.75) is 12.8 Å². The number of pyridine rings is 1. The number of imidazole rings is 1. The topological polar surface area (TPSA) is 70.8 Å². The number of aromatic nitrogens is 3. The van der Waals surface area contributed by atoms with E-state index in [0.717, 1.165) is 30.2 Å². The molecule has 17 heavy (non-hydrogen) atoms. The summed E-state index contributed by atoms with van der Waals surface area (Å²) in [6.45, 7) is 2.23. The molecule has 2 aromatic heterocycles. The lowest BCUT2D eigenvalue weighted by atomic mass is 10.2. The molecule has 0 saturated carbocycles. The summed E-state index contributed by atoms with van der Waals surface area (Å²) >= 11 is 0. The van der Waals surface area contributed by atoms with Crippen molar-refractivity contribution in [1.82, 2.24) is 15.0 Å². The van der Waals surface area contributed by atoms with E-state index in [4.69, 9.17) is 5.73 Å². The zero-order valence-electron chi connectivity index (χ0n) is 9.56. The van der Waals surface area contributed by atoms with Crippen molar-refractivity contribution >= 4 is 11.8 Å². The van der Waals surface area contributed by atoms with Gasteiger partial charge in [-0.25, -0.2) is 9.97 Å². The van der Waals surface area contributed by atoms with Gasteiger partial charge in [0.25, 0.3) is 0 Å². The van der Waals surface area contributed by atoms with Crippen molar-refractivity contribution in [3.63, 3.8) is 0 Å². The number of nitrogens with two attached hydrogens (primary N) is 1. The molecular formula is C12H15N5. The fourth-order valence-corrected chi connectivity index (χ4v) is 2.16. The van der Waals surface area contributed by atoms with E-state index >= 15 is 0 Å². The van der Waals surface area contributed by atoms with Crippen molar-refractivity contribution in [1.29, 1.82) is 0 Å². The van der Waals surface area contributed by atoms with Gasteiger partial charge in [0.2, 0.25) is 0 Å². The van der Waals surface area contributed by atoms with Crippen LogP contribution in [0.25, 0.3) is 11.3 Å². The molecule has 0 aliphatic carbocycles. The van der Waals surface area contributed by atoms with Gasteiger partial charge in [-0.2, -0.15) is 0 Å². The van der Waals surface area contributed by atoms with Crippen LogP contribution in [0.5, 0.6) is 0 Å². The lowest BCUT2D eigenvalue weighted by Crippen LogP contribution is -2.18. The Morgan fingerprint density at radius 3 is 2.53 bits per heavy atom. The monoisotopic (exact) mass is 229 g/mol. The number of aromatic amines is 1. The summed E-state index contributed by atoms with van der Waals surface area (Å²) in [5.74, 6) is 1.49. The minimum absolute atomic E-state index is 0.434. The Morgan fingerprint density at radius 1 is 1.12 bits per heavy atom. The van der Waals surface area contributed by atoms with Crippen molar-refractivity contribution in [2.75, 3.05) is 23.7 Å². The van der Waals surface area contributed by atoms with E-state index in [1.165, 1.54) is 12.8 Å². The maximum Gasteiger partial charge on any atom is 0.197 e. The Morgan fingerprint density at radius 2 is 1.94 bits per heavy atom. The Hall–Kier alpha value is -2.04. The van der Waals surface area contributed by atoms with Gasteiger partial charge in [0, 0.05) is 24.8 Å². The first-order valence-corrected chi connectivity index (χ1v) is 5.85. The Balaban J connectivity index is 1.84. The second kappa shape index (κ2) is 4.08. The van der Waals surface area contributed by atoms with E-state index in [-0.39, 0.29) is 0 Å². The first-order chi connectivity index (χ1) is 8.33. The minimum Gasteiger partial charge on any atom is -0.369 e. The van der Waals surface area contributed by atoms with Gasteiger partial charge in [0.15, 0.2) is 5.95 Å². The van der Waals surface area contributed by atoms with Crippen LogP contribution in [-0.2, 0) is 0 Å². The van der Waals surface area contributed by atoms with Gasteiger partial charge in [-0.05, 0) is 25.0 Å². The van der Waals surface area contributed by atoms with E-state index in [0.29, 0.717) is 5.95 Å². The number of hydrogen-bond donors (Lipinski definition) is 2. The molecule has 88 valence electrons. The molecule has 1 aliphatic rings. The van der Waals surface area contributed by atoms with Crippen molar-refractivity contribution < 1.29 is 0 Å². The molecule has 1 fully saturated rings. The Bertz CT molecular complexity index is 496. The van der Waals surface area contributed by atoms with Crippen molar-refractivity contribution in [3.05, 3.63) is 24.5 Å². The van der Waals surface area contributed by atoms with Crippen LogP contribution in [0.1, 0.15) is 12.8 Å². The molecular weight excluding hydrogens is 214 g/mol. The van der Waals surface area contributed by atoms with Gasteiger partial charge in [0.1, 0.15) is 5.82 Å². The van der Waals surface area contributed by atoms with Crippen LogP contribution in [0, 0.1) is 0 Å². The predicted molar refractivity (Wildman–Crippen MR) is 67.7 cm³/mol. The first kappa shape index (κ1) is 10.1. The van der Waals surface area contributed by atoms with Crippen LogP contribution in [0.3, 0.4) is 0 Å². The lowest BCUT2D eigenvalue weighted by Gasteiger charge is -2.15. The molecule has 0 unspecified atom stereocenters. The molecule has 0 atom stereocenters. The Kier molecular flexibility index (Phi) is 2.44. The zero-order valence-corrected chi connectivity index (χ0v) is 9.56. The molecule has 5 nitrogen and oxygen atoms in total. The second-order valence-corrected chi connectivity index (χ2v) is 4.28. The highest BCUT2D eigenvalue weighted by Crippen LogP contribution is 2.21. The van der Waals surface area contributed by atoms with E-state index in [9.17, 15) is 0 Å². The van der Waals surface area contributed by atoms with Crippen LogP contribution in [0.2, 0.25) is 0 Å². The van der Waals surface area contributed by atoms with Crippen LogP contribution >= 0.6 is 0 Å². The second-order valence-electron chi connectivity index (χ2n) is 4.28. The van der Waals surface area contributed by atoms with Gasteiger partial charge in [-0.1, -0.05) is 0 Å². The standard InChI is InChI=1S/C12H15N5/c13-12-15-8-10(16-12)9-3-4-11(14-7-9)17-5-1-2-6-17/h3-4,7-8H,1-2,5-6H2,(H3,13,15,16). The average Bonchev–Trinajstić information content (AvgIpc) is 3.00. The summed E-state index contributed by atoms with van der Waals surface area (Å²) < 4.78 is 0. The third kappa shape index (κ3) is 1.95. The highest BCUT2D eigenvalue weighted by Gasteiger charge is 2.13. The third-order valence-electron chi connectivity index (χ3n) is 3.08. The third-order valence-corrected chi connectivity index (χ3v) is 3.08. The maximum atomic E-state index is 5.55. The summed E-state index contributed by atoms with van der Waals surface area (Å²) in [5.41, 5.74) is 7.47. The fraction of sp³-hybridized carbons (Fsp3) is 0.333. The summed E-state index contributed by atoms with van der Waals surface area (Å²) in [6, 6.07) is 4.10. The average molecular weight is 229 g/mol. The van der Waals surface area contributed by atoms with E-state index in [1.807, 2.05) is 12.3 Å². The van der Waals surface area contributed by atoms with Gasteiger partial charge in [-0.15, -0.1) is 0 Å². The molecule has 3 heterocycles. The van der Waals surface area contributed by atoms with Gasteiger partial charge in [-0.3, -0.25) is 0 Å². The largest absolute Gasteiger partial charge is 0.369 e. The summed E-state index contributed by atoms with van der Waals surface area (Å²) in [6.07, 6.45) is 6.11. The molecule has 0 amide bonds. The SMILES string of the molecule is Nc1ncc(-c2ccc(N3CCCC3)nc2)[nH]1. The summed E-state index contributed by atoms with van der Waals surface area (Å²) in [7, 11) is 0. The number of nitrogen functional groups attached to an aromatic ring is 1. The molecule has 0 radical (unpaired) electrons. The molecule has 0 spiro atoms. The van der Waals surface area contributed by atoms with E-state index < -0.39 is 0 Å². The molecule has 1 aliphatic heterocycles. The Labute approximate surface area is 99.7 Å². The van der Waals surface area contributed by atoms with Crippen molar-refractivity contribution in [3.8, 4) is 11.3 Å². The minimum atomic E-state index is 0.434. The highest BCUT2D eigenvalue weighted by atomic mass is 15.2. The summed E-state index contributed by atoms with van der Waals surface area (Å²) in [5, 5.41) is 0. The fourth-order valence-electron chi connectivity index (χ4n) is 2.16. The summed E-state index contributed by atoms with van der Waals surface area (Å²) in [4.78, 5) is 13.8. The predicted octanol–water partition coefficient (Wildman–Crippen LogP) is 1.65. The van der Waals surface area contributed by atoms with Gasteiger partial charge >= 0.3 is 0 Å². The first-order valence-electron chi connectivity index (χ1n) is 5.85. The molecule has 3 N–H and O–H groups in total. The van der Waals surface area contributed by atoms with Crippen LogP contribution < -0.4 is 10.6 Å². The number of H-pyrrole nitrogens is 1. The normalized spacial score (nSPS) is 15.4. The molecule has 3 rings (SSSR count). The van der Waals surface area contributed by atoms with Crippen LogP contribution in [0.4, 0.5) is 11.8 Å². The number of rotatable bonds is 2. The van der Waals surface area contributed by atoms with E-state index in [2.05, 4.69) is 25.9 Å².